The Balaban J connectivity index is 0. The van der Waals surface area contributed by atoms with Gasteiger partial charge in [-0.25, -0.2) is 0 Å². The van der Waals surface area contributed by atoms with Crippen molar-refractivity contribution in [2.45, 2.75) is 96.8 Å². The van der Waals surface area contributed by atoms with Crippen LogP contribution in [-0.2, 0) is 19.4 Å². The van der Waals surface area contributed by atoms with Gasteiger partial charge in [-0.1, -0.05) is 70.4 Å². The predicted molar refractivity (Wildman–Crippen MR) is 113 cm³/mol. The molecule has 0 heterocycles. The predicted octanol–water partition coefficient (Wildman–Crippen LogP) is 4.31. The lowest BCUT2D eigenvalue weighted by Crippen LogP contribution is -2.11. The summed E-state index contributed by atoms with van der Waals surface area (Å²) in [4.78, 5) is 11.0. The maximum Gasteiger partial charge on any atom is 0.448 e. The van der Waals surface area contributed by atoms with Crippen molar-refractivity contribution in [1.29, 1.82) is 0 Å². The SMILES string of the molecule is CCCCCCCC/C=C\CCCCCCCC(=O)OS(=O)(=O)O.NCCO. The molecule has 0 aliphatic carbocycles. The van der Waals surface area contributed by atoms with Gasteiger partial charge in [0.2, 0.25) is 0 Å². The van der Waals surface area contributed by atoms with Crippen molar-refractivity contribution >= 4 is 16.4 Å². The Morgan fingerprint density at radius 1 is 0.893 bits per heavy atom. The molecule has 0 unspecified atom stereocenters. The standard InChI is InChI=1S/C18H34O5S.C2H7NO/c1-2-3-4-5-6-7-8-9-10-11-12-13-14-15-16-17-18(19)23-24(20,21)22;3-1-2-4/h9-10H,2-8,11-17H2,1H3,(H,20,21,22);4H,1-3H2/b10-9-;. The smallest absolute Gasteiger partial charge is 0.395 e. The molecule has 0 radical (unpaired) electrons. The van der Waals surface area contributed by atoms with Crippen molar-refractivity contribution in [1.82, 2.24) is 0 Å². The first-order chi connectivity index (χ1) is 13.4. The van der Waals surface area contributed by atoms with Crippen molar-refractivity contribution in [2.75, 3.05) is 13.2 Å². The van der Waals surface area contributed by atoms with Crippen LogP contribution in [0.2, 0.25) is 0 Å². The Hall–Kier alpha value is -0.960. The van der Waals surface area contributed by atoms with Crippen molar-refractivity contribution in [3.63, 3.8) is 0 Å². The Kier molecular flexibility index (Phi) is 23.3. The van der Waals surface area contributed by atoms with Gasteiger partial charge in [0, 0.05) is 13.0 Å². The minimum atomic E-state index is -4.65. The highest BCUT2D eigenvalue weighted by atomic mass is 32.3. The van der Waals surface area contributed by atoms with Crippen molar-refractivity contribution in [2.24, 2.45) is 5.73 Å². The molecule has 0 bridgehead atoms. The van der Waals surface area contributed by atoms with Crippen LogP contribution in [0.4, 0.5) is 0 Å². The molecule has 0 saturated carbocycles. The average Bonchev–Trinajstić information content (AvgIpc) is 2.63. The topological polar surface area (TPSA) is 127 Å². The molecular weight excluding hydrogens is 382 g/mol. The van der Waals surface area contributed by atoms with E-state index in [-0.39, 0.29) is 13.0 Å². The first kappa shape index (κ1) is 29.2. The van der Waals surface area contributed by atoms with E-state index in [4.69, 9.17) is 15.4 Å². The highest BCUT2D eigenvalue weighted by Crippen LogP contribution is 2.10. The average molecular weight is 424 g/mol. The lowest BCUT2D eigenvalue weighted by atomic mass is 10.1. The Morgan fingerprint density at radius 2 is 1.32 bits per heavy atom. The number of hydrogen-bond donors (Lipinski definition) is 3. The fourth-order valence-corrected chi connectivity index (χ4v) is 2.82. The molecule has 0 amide bonds. The van der Waals surface area contributed by atoms with Gasteiger partial charge in [-0.3, -0.25) is 9.35 Å². The Bertz CT molecular complexity index is 463. The van der Waals surface area contributed by atoms with Gasteiger partial charge in [-0.2, -0.15) is 8.42 Å². The van der Waals surface area contributed by atoms with Gasteiger partial charge >= 0.3 is 16.4 Å². The molecule has 0 saturated heterocycles. The summed E-state index contributed by atoms with van der Waals surface area (Å²) in [5.74, 6) is -0.893. The molecular formula is C20H41NO6S. The zero-order chi connectivity index (χ0) is 21.5. The number of aliphatic hydroxyl groups excluding tert-OH is 1. The fourth-order valence-electron chi connectivity index (χ4n) is 2.50. The highest BCUT2D eigenvalue weighted by molar-refractivity contribution is 7.81. The minimum Gasteiger partial charge on any atom is -0.395 e. The highest BCUT2D eigenvalue weighted by Gasteiger charge is 2.12. The van der Waals surface area contributed by atoms with Crippen LogP contribution < -0.4 is 5.73 Å². The maximum atomic E-state index is 11.0. The summed E-state index contributed by atoms with van der Waals surface area (Å²) in [7, 11) is -4.65. The summed E-state index contributed by atoms with van der Waals surface area (Å²) in [5.41, 5.74) is 4.78. The number of allylic oxidation sites excluding steroid dienone is 2. The molecule has 7 nitrogen and oxygen atoms in total. The van der Waals surface area contributed by atoms with Crippen LogP contribution >= 0.6 is 0 Å². The normalized spacial score (nSPS) is 11.3. The first-order valence-corrected chi connectivity index (χ1v) is 11.9. The van der Waals surface area contributed by atoms with E-state index in [2.05, 4.69) is 23.3 Å². The number of hydrogen-bond acceptors (Lipinski definition) is 6. The van der Waals surface area contributed by atoms with Gasteiger partial charge < -0.3 is 15.0 Å². The summed E-state index contributed by atoms with van der Waals surface area (Å²) in [5, 5.41) is 7.75. The van der Waals surface area contributed by atoms with E-state index >= 15 is 0 Å². The van der Waals surface area contributed by atoms with E-state index in [1.165, 1.54) is 44.9 Å². The number of unbranched alkanes of at least 4 members (excludes halogenated alkanes) is 11. The maximum absolute atomic E-state index is 11.0. The molecule has 4 N–H and O–H groups in total. The molecule has 28 heavy (non-hydrogen) atoms. The van der Waals surface area contributed by atoms with Crippen molar-refractivity contribution in [3.05, 3.63) is 12.2 Å². The van der Waals surface area contributed by atoms with Crippen LogP contribution in [0.25, 0.3) is 0 Å². The zero-order valence-electron chi connectivity index (χ0n) is 17.5. The monoisotopic (exact) mass is 423 g/mol. The van der Waals surface area contributed by atoms with Gasteiger partial charge in [-0.05, 0) is 32.1 Å². The summed E-state index contributed by atoms with van der Waals surface area (Å²) in [6.45, 7) is 2.71. The summed E-state index contributed by atoms with van der Waals surface area (Å²) < 4.78 is 32.8. The van der Waals surface area contributed by atoms with Gasteiger partial charge in [0.15, 0.2) is 0 Å². The number of carbonyl (C=O) groups excluding carboxylic acids is 1. The van der Waals surface area contributed by atoms with E-state index in [0.29, 0.717) is 13.0 Å². The first-order valence-electron chi connectivity index (χ1n) is 10.5. The van der Waals surface area contributed by atoms with Crippen molar-refractivity contribution < 1.29 is 27.1 Å². The Morgan fingerprint density at radius 3 is 1.75 bits per heavy atom. The third kappa shape index (κ3) is 29.8. The summed E-state index contributed by atoms with van der Waals surface area (Å²) in [6, 6.07) is 0. The number of carbonyl (C=O) groups is 1. The fraction of sp³-hybridized carbons (Fsp3) is 0.850. The molecule has 0 spiro atoms. The molecule has 0 aromatic carbocycles. The number of rotatable bonds is 17. The number of aliphatic hydroxyl groups is 1. The van der Waals surface area contributed by atoms with Crippen LogP contribution in [0.1, 0.15) is 96.8 Å². The third-order valence-electron chi connectivity index (χ3n) is 3.97. The second kappa shape index (κ2) is 22.3. The van der Waals surface area contributed by atoms with E-state index in [1.54, 1.807) is 0 Å². The summed E-state index contributed by atoms with van der Waals surface area (Å²) in [6.07, 6.45) is 19.6. The molecule has 0 aliphatic rings. The quantitative estimate of drug-likeness (QED) is 0.181. The third-order valence-corrected chi connectivity index (χ3v) is 4.37. The second-order valence-corrected chi connectivity index (χ2v) is 7.75. The van der Waals surface area contributed by atoms with Gasteiger partial charge in [0.25, 0.3) is 0 Å². The second-order valence-electron chi connectivity index (χ2n) is 6.73. The molecule has 0 aliphatic heterocycles. The van der Waals surface area contributed by atoms with Crippen LogP contribution in [0.3, 0.4) is 0 Å². The molecule has 0 atom stereocenters. The minimum absolute atomic E-state index is 0.0257. The molecule has 8 heteroatoms. The molecule has 0 rings (SSSR count). The Labute approximate surface area is 171 Å². The molecule has 0 fully saturated rings. The largest absolute Gasteiger partial charge is 0.448 e. The van der Waals surface area contributed by atoms with Crippen LogP contribution in [0, 0.1) is 0 Å². The van der Waals surface area contributed by atoms with Crippen LogP contribution in [-0.4, -0.2) is 37.2 Å². The molecule has 0 aromatic rings. The number of nitrogens with two attached hydrogens (primary N) is 1. The van der Waals surface area contributed by atoms with Gasteiger partial charge in [0.05, 0.1) is 6.61 Å². The lowest BCUT2D eigenvalue weighted by molar-refractivity contribution is -0.134. The van der Waals surface area contributed by atoms with Crippen LogP contribution in [0.5, 0.6) is 0 Å². The van der Waals surface area contributed by atoms with Gasteiger partial charge in [-0.15, -0.1) is 0 Å². The van der Waals surface area contributed by atoms with E-state index in [0.717, 1.165) is 32.1 Å². The molecule has 168 valence electrons. The lowest BCUT2D eigenvalue weighted by Gasteiger charge is -2.01. The zero-order valence-corrected chi connectivity index (χ0v) is 18.3. The van der Waals surface area contributed by atoms with E-state index in [9.17, 15) is 13.2 Å². The van der Waals surface area contributed by atoms with E-state index < -0.39 is 16.4 Å². The van der Waals surface area contributed by atoms with Crippen molar-refractivity contribution in [3.8, 4) is 0 Å². The van der Waals surface area contributed by atoms with Crippen LogP contribution in [0.15, 0.2) is 12.2 Å². The summed E-state index contributed by atoms with van der Waals surface area (Å²) >= 11 is 0. The van der Waals surface area contributed by atoms with Gasteiger partial charge in [0.1, 0.15) is 0 Å². The molecule has 0 aromatic heterocycles. The van der Waals surface area contributed by atoms with E-state index in [1.807, 2.05) is 0 Å².